The molecule has 8 heteroatoms. The van der Waals surface area contributed by atoms with Crippen LogP contribution in [0.1, 0.15) is 28.8 Å². The summed E-state index contributed by atoms with van der Waals surface area (Å²) in [6.07, 6.45) is 2.35. The summed E-state index contributed by atoms with van der Waals surface area (Å²) in [6.45, 7) is 0.951. The van der Waals surface area contributed by atoms with E-state index in [4.69, 9.17) is 9.47 Å². The van der Waals surface area contributed by atoms with Gasteiger partial charge in [-0.3, -0.25) is 9.59 Å². The molecular formula is C22H18N2O5S. The predicted molar refractivity (Wildman–Crippen MR) is 110 cm³/mol. The number of allylic oxidation sites excluding steroid dienone is 1. The zero-order valence-electron chi connectivity index (χ0n) is 16.0. The number of likely N-dealkylation sites (tertiary alicyclic amines) is 1. The molecule has 0 unspecified atom stereocenters. The average Bonchev–Trinajstić information content (AvgIpc) is 2.78. The fourth-order valence-electron chi connectivity index (χ4n) is 3.92. The topological polar surface area (TPSA) is 85.8 Å². The summed E-state index contributed by atoms with van der Waals surface area (Å²) < 4.78 is 11.7. The van der Waals surface area contributed by atoms with Crippen LogP contribution < -0.4 is 4.74 Å². The average molecular weight is 422 g/mol. The highest BCUT2D eigenvalue weighted by atomic mass is 32.2. The first kappa shape index (κ1) is 18.9. The van der Waals surface area contributed by atoms with E-state index in [2.05, 4.69) is 4.98 Å². The molecule has 2 aromatic rings. The Bertz CT molecular complexity index is 1070. The van der Waals surface area contributed by atoms with Gasteiger partial charge < -0.3 is 14.4 Å². The van der Waals surface area contributed by atoms with E-state index in [9.17, 15) is 14.4 Å². The first-order valence-electron chi connectivity index (χ1n) is 9.69. The smallest absolute Gasteiger partial charge is 0.416 e. The van der Waals surface area contributed by atoms with Crippen molar-refractivity contribution in [1.82, 2.24) is 9.88 Å². The van der Waals surface area contributed by atoms with Gasteiger partial charge in [-0.05, 0) is 6.07 Å². The van der Waals surface area contributed by atoms with Gasteiger partial charge in [0, 0.05) is 55.1 Å². The first-order valence-corrected chi connectivity index (χ1v) is 10.7. The van der Waals surface area contributed by atoms with Crippen LogP contribution in [0.4, 0.5) is 4.79 Å². The molecular weight excluding hydrogens is 404 g/mol. The van der Waals surface area contributed by atoms with Gasteiger partial charge in [0.15, 0.2) is 0 Å². The van der Waals surface area contributed by atoms with E-state index in [1.807, 2.05) is 12.1 Å². The third-order valence-corrected chi connectivity index (χ3v) is 6.93. The lowest BCUT2D eigenvalue weighted by molar-refractivity contribution is -0.111. The zero-order chi connectivity index (χ0) is 20.7. The van der Waals surface area contributed by atoms with Crippen molar-refractivity contribution < 1.29 is 23.9 Å². The van der Waals surface area contributed by atoms with Crippen molar-refractivity contribution in [3.05, 3.63) is 64.7 Å². The van der Waals surface area contributed by atoms with E-state index in [1.54, 1.807) is 41.4 Å². The molecule has 1 saturated heterocycles. The number of pyridine rings is 1. The Labute approximate surface area is 177 Å². The monoisotopic (exact) mass is 422 g/mol. The minimum Gasteiger partial charge on any atom is -0.484 e. The van der Waals surface area contributed by atoms with Crippen molar-refractivity contribution >= 4 is 35.2 Å². The van der Waals surface area contributed by atoms with Gasteiger partial charge in [-0.2, -0.15) is 0 Å². The van der Waals surface area contributed by atoms with E-state index in [0.29, 0.717) is 53.5 Å². The fourth-order valence-corrected chi connectivity index (χ4v) is 5.18. The molecule has 2 aliphatic heterocycles. The summed E-state index contributed by atoms with van der Waals surface area (Å²) in [4.78, 5) is 43.4. The summed E-state index contributed by atoms with van der Waals surface area (Å²) in [5, 5.41) is 0. The standard InChI is InChI=1S/C22H18N2O5S/c25-17-14-5-1-2-6-15(14)19-20(18(17)26)30-13-22(29-19)8-11-24(12-9-22)21(27)28-16-7-3-4-10-23-16/h1-7,10H,8-9,11-13H2. The molecule has 0 atom stereocenters. The Morgan fingerprint density at radius 1 is 1.03 bits per heavy atom. The summed E-state index contributed by atoms with van der Waals surface area (Å²) in [5.74, 6) is 0.347. The molecule has 1 aromatic heterocycles. The number of benzene rings is 1. The second-order valence-electron chi connectivity index (χ2n) is 7.46. The molecule has 0 saturated carbocycles. The minimum absolute atomic E-state index is 0.268. The lowest BCUT2D eigenvalue weighted by atomic mass is 9.90. The fraction of sp³-hybridized carbons (Fsp3) is 0.273. The highest BCUT2D eigenvalue weighted by Gasteiger charge is 2.46. The van der Waals surface area contributed by atoms with Crippen LogP contribution in [0, 0.1) is 0 Å². The number of carbonyl (C=O) groups excluding carboxylic acids is 3. The number of ether oxygens (including phenoxy) is 2. The van der Waals surface area contributed by atoms with Crippen LogP contribution in [-0.4, -0.2) is 52.0 Å². The molecule has 152 valence electrons. The third-order valence-electron chi connectivity index (χ3n) is 5.60. The number of rotatable bonds is 1. The molecule has 1 spiro atoms. The molecule has 0 N–H and O–H groups in total. The van der Waals surface area contributed by atoms with Crippen LogP contribution in [0.15, 0.2) is 53.6 Å². The number of nitrogens with zero attached hydrogens (tertiary/aromatic N) is 2. The van der Waals surface area contributed by atoms with Crippen molar-refractivity contribution in [2.75, 3.05) is 18.8 Å². The number of carbonyl (C=O) groups is 3. The van der Waals surface area contributed by atoms with Crippen LogP contribution in [-0.2, 0) is 9.53 Å². The lowest BCUT2D eigenvalue weighted by Crippen LogP contribution is -2.51. The molecule has 3 heterocycles. The molecule has 7 nitrogen and oxygen atoms in total. The van der Waals surface area contributed by atoms with Gasteiger partial charge >= 0.3 is 6.09 Å². The molecule has 0 bridgehead atoms. The third kappa shape index (κ3) is 3.17. The highest BCUT2D eigenvalue weighted by molar-refractivity contribution is 8.04. The van der Waals surface area contributed by atoms with Gasteiger partial charge in [0.1, 0.15) is 16.3 Å². The Balaban J connectivity index is 1.32. The van der Waals surface area contributed by atoms with Gasteiger partial charge in [0.2, 0.25) is 17.4 Å². The number of hydrogen-bond acceptors (Lipinski definition) is 7. The molecule has 3 aliphatic rings. The molecule has 1 fully saturated rings. The van der Waals surface area contributed by atoms with E-state index in [-0.39, 0.29) is 5.88 Å². The van der Waals surface area contributed by atoms with Crippen LogP contribution in [0.2, 0.25) is 0 Å². The predicted octanol–water partition coefficient (Wildman–Crippen LogP) is 3.31. The molecule has 1 amide bonds. The maximum absolute atomic E-state index is 12.5. The molecule has 30 heavy (non-hydrogen) atoms. The number of aromatic nitrogens is 1. The Morgan fingerprint density at radius 3 is 2.50 bits per heavy atom. The number of thioether (sulfide) groups is 1. The van der Waals surface area contributed by atoms with E-state index < -0.39 is 23.3 Å². The summed E-state index contributed by atoms with van der Waals surface area (Å²) in [6, 6.07) is 12.2. The van der Waals surface area contributed by atoms with Gasteiger partial charge in [-0.1, -0.05) is 30.3 Å². The minimum atomic E-state index is -0.500. The van der Waals surface area contributed by atoms with E-state index in [0.717, 1.165) is 0 Å². The van der Waals surface area contributed by atoms with Crippen LogP contribution >= 0.6 is 11.8 Å². The number of ketones is 2. The highest BCUT2D eigenvalue weighted by Crippen LogP contribution is 2.47. The lowest BCUT2D eigenvalue weighted by Gasteiger charge is -2.45. The summed E-state index contributed by atoms with van der Waals surface area (Å²) >= 11 is 1.38. The number of piperidine rings is 1. The van der Waals surface area contributed by atoms with Gasteiger partial charge in [-0.15, -0.1) is 11.8 Å². The quantitative estimate of drug-likeness (QED) is 0.652. The summed E-state index contributed by atoms with van der Waals surface area (Å²) in [7, 11) is 0. The summed E-state index contributed by atoms with van der Waals surface area (Å²) in [5.41, 5.74) is 0.565. The largest absolute Gasteiger partial charge is 0.484 e. The normalized spacial score (nSPS) is 19.8. The second-order valence-corrected chi connectivity index (χ2v) is 8.44. The maximum atomic E-state index is 12.5. The van der Waals surface area contributed by atoms with Crippen LogP contribution in [0.5, 0.6) is 5.88 Å². The van der Waals surface area contributed by atoms with Crippen molar-refractivity contribution in [3.63, 3.8) is 0 Å². The van der Waals surface area contributed by atoms with Gasteiger partial charge in [0.25, 0.3) is 0 Å². The molecule has 0 radical (unpaired) electrons. The second kappa shape index (κ2) is 7.28. The van der Waals surface area contributed by atoms with Crippen molar-refractivity contribution in [2.24, 2.45) is 0 Å². The molecule has 5 rings (SSSR count). The maximum Gasteiger partial charge on any atom is 0.416 e. The Morgan fingerprint density at radius 2 is 1.77 bits per heavy atom. The van der Waals surface area contributed by atoms with E-state index in [1.165, 1.54) is 11.8 Å². The van der Waals surface area contributed by atoms with E-state index >= 15 is 0 Å². The van der Waals surface area contributed by atoms with Crippen LogP contribution in [0.3, 0.4) is 0 Å². The molecule has 1 aliphatic carbocycles. The van der Waals surface area contributed by atoms with Crippen molar-refractivity contribution in [2.45, 2.75) is 18.4 Å². The van der Waals surface area contributed by atoms with Crippen LogP contribution in [0.25, 0.3) is 5.76 Å². The molecule has 1 aromatic carbocycles. The Kier molecular flexibility index (Phi) is 4.58. The van der Waals surface area contributed by atoms with Gasteiger partial charge in [-0.25, -0.2) is 9.78 Å². The number of fused-ring (bicyclic) bond motifs is 2. The number of hydrogen-bond donors (Lipinski definition) is 0. The SMILES string of the molecule is O=C1C(=O)c2ccccc2C2=C1SCC1(CCN(C(=O)Oc3ccccn3)CC1)O2. The number of Topliss-reactive ketones (excluding diaryl/α,β-unsaturated/α-hetero) is 2. The zero-order valence-corrected chi connectivity index (χ0v) is 16.8. The first-order chi connectivity index (χ1) is 14.6. The number of amides is 1. The Hall–Kier alpha value is -3.13. The van der Waals surface area contributed by atoms with Gasteiger partial charge in [0.05, 0.1) is 0 Å². The van der Waals surface area contributed by atoms with Crippen molar-refractivity contribution in [1.29, 1.82) is 0 Å². The van der Waals surface area contributed by atoms with Crippen molar-refractivity contribution in [3.8, 4) is 5.88 Å².